The molecule has 3 rings (SSSR count). The van der Waals surface area contributed by atoms with E-state index >= 15 is 0 Å². The van der Waals surface area contributed by atoms with Gasteiger partial charge in [-0.25, -0.2) is 4.79 Å². The van der Waals surface area contributed by atoms with Crippen molar-refractivity contribution in [2.45, 2.75) is 51.1 Å². The highest BCUT2D eigenvalue weighted by molar-refractivity contribution is 5.68. The molecule has 0 aromatic rings. The van der Waals surface area contributed by atoms with E-state index in [9.17, 15) is 9.90 Å². The summed E-state index contributed by atoms with van der Waals surface area (Å²) in [7, 11) is 0. The van der Waals surface area contributed by atoms with Crippen LogP contribution in [0.15, 0.2) is 0 Å². The monoisotopic (exact) mass is 299 g/mol. The lowest BCUT2D eigenvalue weighted by atomic mass is 9.72. The lowest BCUT2D eigenvalue weighted by molar-refractivity contribution is -0.229. The fourth-order valence-corrected chi connectivity index (χ4v) is 3.70. The summed E-state index contributed by atoms with van der Waals surface area (Å²) in [5, 5.41) is 10.4. The van der Waals surface area contributed by atoms with E-state index in [1.165, 1.54) is 0 Å². The molecule has 3 aliphatic rings. The van der Waals surface area contributed by atoms with E-state index in [0.717, 1.165) is 0 Å². The Morgan fingerprint density at radius 3 is 2.19 bits per heavy atom. The van der Waals surface area contributed by atoms with Crippen LogP contribution in [0.4, 0.5) is 4.79 Å². The lowest BCUT2D eigenvalue weighted by Crippen LogP contribution is -2.59. The van der Waals surface area contributed by atoms with Crippen LogP contribution >= 0.6 is 0 Å². The van der Waals surface area contributed by atoms with E-state index in [1.54, 1.807) is 4.90 Å². The van der Waals surface area contributed by atoms with E-state index in [2.05, 4.69) is 0 Å². The standard InChI is InChI=1S/C15H25NO5/c1-14(2,3)21-13(18)16-8-10-6-15(19-4-5-20-15)7-11(9-16)12(10)17/h10-12,17H,4-9H2,1-3H3. The Hall–Kier alpha value is -0.850. The van der Waals surface area contributed by atoms with E-state index in [-0.39, 0.29) is 24.0 Å². The Balaban J connectivity index is 1.68. The molecule has 1 aliphatic carbocycles. The largest absolute Gasteiger partial charge is 0.444 e. The van der Waals surface area contributed by atoms with Gasteiger partial charge in [-0.1, -0.05) is 0 Å². The summed E-state index contributed by atoms with van der Waals surface area (Å²) in [6.07, 6.45) is 0.601. The van der Waals surface area contributed by atoms with Crippen molar-refractivity contribution < 1.29 is 24.1 Å². The molecule has 2 heterocycles. The van der Waals surface area contributed by atoms with Gasteiger partial charge in [0.1, 0.15) is 5.60 Å². The number of carbonyl (C=O) groups is 1. The molecule has 3 fully saturated rings. The number of likely N-dealkylation sites (tertiary alicyclic amines) is 1. The van der Waals surface area contributed by atoms with Gasteiger partial charge >= 0.3 is 6.09 Å². The van der Waals surface area contributed by atoms with Crippen molar-refractivity contribution in [1.29, 1.82) is 0 Å². The summed E-state index contributed by atoms with van der Waals surface area (Å²) >= 11 is 0. The number of hydrogen-bond acceptors (Lipinski definition) is 5. The predicted octanol–water partition coefficient (Wildman–Crippen LogP) is 1.37. The summed E-state index contributed by atoms with van der Waals surface area (Å²) in [6, 6.07) is 0. The van der Waals surface area contributed by atoms with Crippen LogP contribution in [0.1, 0.15) is 33.6 Å². The number of piperidine rings is 1. The third-order valence-corrected chi connectivity index (χ3v) is 4.49. The average molecular weight is 299 g/mol. The molecule has 120 valence electrons. The molecule has 21 heavy (non-hydrogen) atoms. The minimum absolute atomic E-state index is 0.0110. The van der Waals surface area contributed by atoms with Gasteiger partial charge in [0.25, 0.3) is 0 Å². The first-order valence-corrected chi connectivity index (χ1v) is 7.72. The van der Waals surface area contributed by atoms with Crippen LogP contribution in [0.3, 0.4) is 0 Å². The van der Waals surface area contributed by atoms with Crippen molar-refractivity contribution in [3.63, 3.8) is 0 Å². The molecule has 0 aromatic heterocycles. The summed E-state index contributed by atoms with van der Waals surface area (Å²) in [6.45, 7) is 7.82. The number of ether oxygens (including phenoxy) is 3. The topological polar surface area (TPSA) is 68.2 Å². The van der Waals surface area contributed by atoms with Gasteiger partial charge in [0.05, 0.1) is 19.3 Å². The average Bonchev–Trinajstić information content (AvgIpc) is 2.77. The van der Waals surface area contributed by atoms with Crippen molar-refractivity contribution in [3.8, 4) is 0 Å². The molecule has 6 nitrogen and oxygen atoms in total. The van der Waals surface area contributed by atoms with E-state index in [1.807, 2.05) is 20.8 Å². The number of amides is 1. The molecule has 6 heteroatoms. The Labute approximate surface area is 125 Å². The highest BCUT2D eigenvalue weighted by Crippen LogP contribution is 2.44. The van der Waals surface area contributed by atoms with Gasteiger partial charge < -0.3 is 24.2 Å². The van der Waals surface area contributed by atoms with E-state index in [0.29, 0.717) is 39.1 Å². The van der Waals surface area contributed by atoms with Gasteiger partial charge in [0, 0.05) is 37.8 Å². The molecule has 2 unspecified atom stereocenters. The molecule has 1 saturated carbocycles. The molecular formula is C15H25NO5. The van der Waals surface area contributed by atoms with Gasteiger partial charge in [0.2, 0.25) is 0 Å². The van der Waals surface area contributed by atoms with E-state index < -0.39 is 11.4 Å². The fraction of sp³-hybridized carbons (Fsp3) is 0.933. The van der Waals surface area contributed by atoms with Crippen molar-refractivity contribution in [2.75, 3.05) is 26.3 Å². The second kappa shape index (κ2) is 5.11. The first-order valence-electron chi connectivity index (χ1n) is 7.72. The van der Waals surface area contributed by atoms with Crippen LogP contribution in [0.25, 0.3) is 0 Å². The van der Waals surface area contributed by atoms with Crippen LogP contribution in [0.2, 0.25) is 0 Å². The number of rotatable bonds is 0. The Morgan fingerprint density at radius 2 is 1.71 bits per heavy atom. The molecule has 1 N–H and O–H groups in total. The zero-order valence-electron chi connectivity index (χ0n) is 13.0. The summed E-state index contributed by atoms with van der Waals surface area (Å²) < 4.78 is 17.0. The number of fused-ring (bicyclic) bond motifs is 2. The molecule has 2 bridgehead atoms. The maximum absolute atomic E-state index is 12.2. The molecule has 1 spiro atoms. The van der Waals surface area contributed by atoms with Crippen LogP contribution in [0, 0.1) is 11.8 Å². The Kier molecular flexibility index (Phi) is 3.66. The molecule has 1 amide bonds. The van der Waals surface area contributed by atoms with Gasteiger partial charge in [-0.3, -0.25) is 0 Å². The lowest BCUT2D eigenvalue weighted by Gasteiger charge is -2.50. The van der Waals surface area contributed by atoms with Crippen LogP contribution in [-0.2, 0) is 14.2 Å². The number of aliphatic hydroxyl groups is 1. The van der Waals surface area contributed by atoms with Crippen molar-refractivity contribution in [2.24, 2.45) is 11.8 Å². The molecular weight excluding hydrogens is 274 g/mol. The number of aliphatic hydroxyl groups excluding tert-OH is 1. The van der Waals surface area contributed by atoms with Gasteiger partial charge in [-0.05, 0) is 20.8 Å². The first-order chi connectivity index (χ1) is 9.78. The second-order valence-electron chi connectivity index (χ2n) is 7.41. The predicted molar refractivity (Wildman–Crippen MR) is 74.7 cm³/mol. The zero-order valence-corrected chi connectivity index (χ0v) is 13.0. The molecule has 2 aliphatic heterocycles. The summed E-state index contributed by atoms with van der Waals surface area (Å²) in [4.78, 5) is 13.9. The summed E-state index contributed by atoms with van der Waals surface area (Å²) in [5.41, 5.74) is -0.499. The molecule has 2 saturated heterocycles. The summed E-state index contributed by atoms with van der Waals surface area (Å²) in [5.74, 6) is -0.555. The maximum Gasteiger partial charge on any atom is 0.410 e. The van der Waals surface area contributed by atoms with Crippen LogP contribution in [-0.4, -0.2) is 59.9 Å². The minimum Gasteiger partial charge on any atom is -0.444 e. The molecule has 0 radical (unpaired) electrons. The first kappa shape index (κ1) is 15.1. The number of carbonyl (C=O) groups excluding carboxylic acids is 1. The van der Waals surface area contributed by atoms with Gasteiger partial charge in [0.15, 0.2) is 5.79 Å². The fourth-order valence-electron chi connectivity index (χ4n) is 3.70. The third kappa shape index (κ3) is 3.03. The number of hydrogen-bond donors (Lipinski definition) is 1. The highest BCUT2D eigenvalue weighted by Gasteiger charge is 2.53. The van der Waals surface area contributed by atoms with E-state index in [4.69, 9.17) is 14.2 Å². The smallest absolute Gasteiger partial charge is 0.410 e. The molecule has 0 aromatic carbocycles. The Bertz CT molecular complexity index is 395. The maximum atomic E-state index is 12.2. The highest BCUT2D eigenvalue weighted by atomic mass is 16.7. The second-order valence-corrected chi connectivity index (χ2v) is 7.41. The van der Waals surface area contributed by atoms with Crippen molar-refractivity contribution >= 4 is 6.09 Å². The van der Waals surface area contributed by atoms with Crippen LogP contribution < -0.4 is 0 Å². The minimum atomic E-state index is -0.533. The van der Waals surface area contributed by atoms with Crippen molar-refractivity contribution in [3.05, 3.63) is 0 Å². The number of nitrogens with zero attached hydrogens (tertiary/aromatic N) is 1. The SMILES string of the molecule is CC(C)(C)OC(=O)N1CC2CC3(CC(C1)C2O)OCCO3. The van der Waals surface area contributed by atoms with Crippen molar-refractivity contribution in [1.82, 2.24) is 4.90 Å². The van der Waals surface area contributed by atoms with Gasteiger partial charge in [-0.2, -0.15) is 0 Å². The van der Waals surface area contributed by atoms with Crippen LogP contribution in [0.5, 0.6) is 0 Å². The quantitative estimate of drug-likeness (QED) is 0.731. The zero-order chi connectivity index (χ0) is 15.3. The molecule has 2 atom stereocenters. The third-order valence-electron chi connectivity index (χ3n) is 4.49. The normalized spacial score (nSPS) is 35.0. The Morgan fingerprint density at radius 1 is 1.19 bits per heavy atom. The van der Waals surface area contributed by atoms with Gasteiger partial charge in [-0.15, -0.1) is 0 Å².